The summed E-state index contributed by atoms with van der Waals surface area (Å²) in [5, 5.41) is 0. The van der Waals surface area contributed by atoms with Crippen molar-refractivity contribution in [2.45, 2.75) is 57.5 Å². The minimum absolute atomic E-state index is 0.248. The second-order valence-electron chi connectivity index (χ2n) is 4.92. The van der Waals surface area contributed by atoms with Crippen LogP contribution in [-0.2, 0) is 4.79 Å². The van der Waals surface area contributed by atoms with Gasteiger partial charge in [-0.05, 0) is 38.8 Å². The minimum atomic E-state index is 0.248. The van der Waals surface area contributed by atoms with Crippen LogP contribution >= 0.6 is 11.8 Å². The molecule has 0 saturated carbocycles. The SMILES string of the molecule is CCC(C)N(C(=O)CSc1ccccc1)C(C)CC. The standard InChI is InChI=1S/C16H25NOS/c1-5-13(3)17(14(4)6-2)16(18)12-19-15-10-8-7-9-11-15/h7-11,13-14H,5-6,12H2,1-4H3. The number of carbonyl (C=O) groups excluding carboxylic acids is 1. The number of carbonyl (C=O) groups is 1. The molecule has 2 unspecified atom stereocenters. The van der Waals surface area contributed by atoms with Gasteiger partial charge >= 0.3 is 0 Å². The summed E-state index contributed by atoms with van der Waals surface area (Å²) < 4.78 is 0. The topological polar surface area (TPSA) is 20.3 Å². The predicted molar refractivity (Wildman–Crippen MR) is 83.5 cm³/mol. The van der Waals surface area contributed by atoms with Crippen molar-refractivity contribution in [3.05, 3.63) is 30.3 Å². The van der Waals surface area contributed by atoms with E-state index < -0.39 is 0 Å². The summed E-state index contributed by atoms with van der Waals surface area (Å²) in [5.41, 5.74) is 0. The average Bonchev–Trinajstić information content (AvgIpc) is 2.45. The number of hydrogen-bond donors (Lipinski definition) is 0. The first-order valence-electron chi connectivity index (χ1n) is 7.09. The average molecular weight is 279 g/mol. The summed E-state index contributed by atoms with van der Waals surface area (Å²) in [4.78, 5) is 15.6. The van der Waals surface area contributed by atoms with Crippen LogP contribution in [0.15, 0.2) is 35.2 Å². The highest BCUT2D eigenvalue weighted by atomic mass is 32.2. The van der Waals surface area contributed by atoms with Gasteiger partial charge in [0.05, 0.1) is 5.75 Å². The number of rotatable bonds is 7. The number of thioether (sulfide) groups is 1. The molecule has 0 fully saturated rings. The van der Waals surface area contributed by atoms with Crippen molar-refractivity contribution < 1.29 is 4.79 Å². The van der Waals surface area contributed by atoms with Crippen molar-refractivity contribution in [2.24, 2.45) is 0 Å². The summed E-state index contributed by atoms with van der Waals surface area (Å²) in [6.45, 7) is 8.55. The molecule has 0 heterocycles. The Balaban J connectivity index is 2.62. The van der Waals surface area contributed by atoms with Gasteiger partial charge in [0.1, 0.15) is 0 Å². The van der Waals surface area contributed by atoms with E-state index >= 15 is 0 Å². The van der Waals surface area contributed by atoms with E-state index in [0.29, 0.717) is 17.8 Å². The third kappa shape index (κ3) is 4.90. The molecule has 0 spiro atoms. The molecule has 0 radical (unpaired) electrons. The van der Waals surface area contributed by atoms with Gasteiger partial charge in [-0.2, -0.15) is 0 Å². The van der Waals surface area contributed by atoms with Gasteiger partial charge in [-0.3, -0.25) is 4.79 Å². The first-order chi connectivity index (χ1) is 9.10. The summed E-state index contributed by atoms with van der Waals surface area (Å²) in [6.07, 6.45) is 2.01. The molecule has 1 rings (SSSR count). The quantitative estimate of drug-likeness (QED) is 0.697. The van der Waals surface area contributed by atoms with Gasteiger partial charge in [0.2, 0.25) is 5.91 Å². The van der Waals surface area contributed by atoms with Crippen LogP contribution < -0.4 is 0 Å². The van der Waals surface area contributed by atoms with Crippen LogP contribution in [0.25, 0.3) is 0 Å². The lowest BCUT2D eigenvalue weighted by atomic mass is 10.1. The molecule has 1 amide bonds. The molecular weight excluding hydrogens is 254 g/mol. The second-order valence-corrected chi connectivity index (χ2v) is 5.97. The maximum atomic E-state index is 12.4. The van der Waals surface area contributed by atoms with E-state index in [2.05, 4.69) is 44.7 Å². The Morgan fingerprint density at radius 1 is 1.11 bits per heavy atom. The van der Waals surface area contributed by atoms with Gasteiger partial charge in [0.15, 0.2) is 0 Å². The van der Waals surface area contributed by atoms with E-state index in [1.807, 2.05) is 18.2 Å². The summed E-state index contributed by atoms with van der Waals surface area (Å²) in [7, 11) is 0. The lowest BCUT2D eigenvalue weighted by Crippen LogP contribution is -2.45. The van der Waals surface area contributed by atoms with Crippen molar-refractivity contribution in [1.29, 1.82) is 0 Å². The smallest absolute Gasteiger partial charge is 0.233 e. The molecule has 0 bridgehead atoms. The monoisotopic (exact) mass is 279 g/mol. The normalized spacial score (nSPS) is 13.9. The molecule has 106 valence electrons. The van der Waals surface area contributed by atoms with Crippen LogP contribution in [0, 0.1) is 0 Å². The molecule has 2 nitrogen and oxygen atoms in total. The van der Waals surface area contributed by atoms with E-state index in [-0.39, 0.29) is 5.91 Å². The number of nitrogens with zero attached hydrogens (tertiary/aromatic N) is 1. The fourth-order valence-corrected chi connectivity index (χ4v) is 2.84. The molecular formula is C16H25NOS. The Morgan fingerprint density at radius 2 is 1.63 bits per heavy atom. The molecule has 19 heavy (non-hydrogen) atoms. The van der Waals surface area contributed by atoms with Crippen molar-refractivity contribution in [3.8, 4) is 0 Å². The predicted octanol–water partition coefficient (Wildman–Crippen LogP) is 4.20. The molecule has 1 aromatic rings. The molecule has 0 saturated heterocycles. The fourth-order valence-electron chi connectivity index (χ4n) is 2.06. The van der Waals surface area contributed by atoms with E-state index in [1.54, 1.807) is 11.8 Å². The molecule has 0 aliphatic carbocycles. The van der Waals surface area contributed by atoms with Gasteiger partial charge < -0.3 is 4.90 Å². The van der Waals surface area contributed by atoms with E-state index in [0.717, 1.165) is 17.7 Å². The minimum Gasteiger partial charge on any atom is -0.337 e. The summed E-state index contributed by atoms with van der Waals surface area (Å²) in [6, 6.07) is 10.7. The van der Waals surface area contributed by atoms with Crippen LogP contribution in [0.3, 0.4) is 0 Å². The van der Waals surface area contributed by atoms with Crippen LogP contribution in [0.1, 0.15) is 40.5 Å². The maximum Gasteiger partial charge on any atom is 0.233 e. The largest absolute Gasteiger partial charge is 0.337 e. The highest BCUT2D eigenvalue weighted by Crippen LogP contribution is 2.20. The summed E-state index contributed by atoms with van der Waals surface area (Å²) in [5.74, 6) is 0.774. The first-order valence-corrected chi connectivity index (χ1v) is 8.07. The number of amides is 1. The Bertz CT molecular complexity index is 370. The van der Waals surface area contributed by atoms with Crippen molar-refractivity contribution in [1.82, 2.24) is 4.90 Å². The van der Waals surface area contributed by atoms with Gasteiger partial charge in [-0.1, -0.05) is 32.0 Å². The molecule has 2 atom stereocenters. The molecule has 1 aromatic carbocycles. The molecule has 0 aliphatic heterocycles. The molecule has 3 heteroatoms. The maximum absolute atomic E-state index is 12.4. The third-order valence-electron chi connectivity index (χ3n) is 3.52. The lowest BCUT2D eigenvalue weighted by Gasteiger charge is -2.34. The Hall–Kier alpha value is -0.960. The van der Waals surface area contributed by atoms with Crippen molar-refractivity contribution in [2.75, 3.05) is 5.75 Å². The fraction of sp³-hybridized carbons (Fsp3) is 0.562. The zero-order valence-electron chi connectivity index (χ0n) is 12.4. The van der Waals surface area contributed by atoms with Gasteiger partial charge in [0, 0.05) is 17.0 Å². The number of hydrogen-bond acceptors (Lipinski definition) is 2. The molecule has 0 aliphatic rings. The Kier molecular flexibility index (Phi) is 7.00. The van der Waals surface area contributed by atoms with Gasteiger partial charge in [-0.25, -0.2) is 0 Å². The van der Waals surface area contributed by atoms with Crippen molar-refractivity contribution in [3.63, 3.8) is 0 Å². The van der Waals surface area contributed by atoms with Crippen molar-refractivity contribution >= 4 is 17.7 Å². The van der Waals surface area contributed by atoms with E-state index in [4.69, 9.17) is 0 Å². The Labute approximate surface area is 121 Å². The zero-order valence-corrected chi connectivity index (χ0v) is 13.2. The van der Waals surface area contributed by atoms with Crippen LogP contribution in [0.4, 0.5) is 0 Å². The van der Waals surface area contributed by atoms with Crippen LogP contribution in [0.5, 0.6) is 0 Å². The Morgan fingerprint density at radius 3 is 2.11 bits per heavy atom. The molecule has 0 N–H and O–H groups in total. The van der Waals surface area contributed by atoms with Crippen LogP contribution in [-0.4, -0.2) is 28.6 Å². The van der Waals surface area contributed by atoms with Gasteiger partial charge in [-0.15, -0.1) is 11.8 Å². The van der Waals surface area contributed by atoms with Crippen LogP contribution in [0.2, 0.25) is 0 Å². The van der Waals surface area contributed by atoms with E-state index in [1.165, 1.54) is 0 Å². The first kappa shape index (κ1) is 16.1. The van der Waals surface area contributed by atoms with E-state index in [9.17, 15) is 4.79 Å². The highest BCUT2D eigenvalue weighted by Gasteiger charge is 2.23. The lowest BCUT2D eigenvalue weighted by molar-refractivity contribution is -0.132. The highest BCUT2D eigenvalue weighted by molar-refractivity contribution is 8.00. The zero-order chi connectivity index (χ0) is 14.3. The molecule has 0 aromatic heterocycles. The number of benzene rings is 1. The third-order valence-corrected chi connectivity index (χ3v) is 4.52. The summed E-state index contributed by atoms with van der Waals surface area (Å²) >= 11 is 1.62. The second kappa shape index (κ2) is 8.26. The van der Waals surface area contributed by atoms with Gasteiger partial charge in [0.25, 0.3) is 0 Å².